The van der Waals surface area contributed by atoms with Gasteiger partial charge in [0, 0.05) is 12.5 Å². The van der Waals surface area contributed by atoms with Gasteiger partial charge >= 0.3 is 0 Å². The van der Waals surface area contributed by atoms with Crippen LogP contribution >= 0.6 is 0 Å². The molecule has 0 spiro atoms. The number of sulfonamides is 1. The molecule has 0 amide bonds. The van der Waals surface area contributed by atoms with Crippen molar-refractivity contribution >= 4 is 10.0 Å². The highest BCUT2D eigenvalue weighted by atomic mass is 32.2. The largest absolute Gasteiger partial charge is 0.493 e. The van der Waals surface area contributed by atoms with Gasteiger partial charge in [0.1, 0.15) is 5.75 Å². The van der Waals surface area contributed by atoms with E-state index in [4.69, 9.17) is 4.74 Å². The second-order valence-electron chi connectivity index (χ2n) is 5.01. The van der Waals surface area contributed by atoms with E-state index in [0.717, 1.165) is 24.2 Å². The predicted molar refractivity (Wildman–Crippen MR) is 75.8 cm³/mol. The highest BCUT2D eigenvalue weighted by Crippen LogP contribution is 2.26. The van der Waals surface area contributed by atoms with Gasteiger partial charge in [-0.15, -0.1) is 0 Å². The molecule has 2 rings (SSSR count). The van der Waals surface area contributed by atoms with Crippen LogP contribution in [0.25, 0.3) is 0 Å². The lowest BCUT2D eigenvalue weighted by molar-refractivity contribution is 0.223. The van der Waals surface area contributed by atoms with Gasteiger partial charge in [0.25, 0.3) is 0 Å². The molecular formula is C14H21NO3S. The van der Waals surface area contributed by atoms with Crippen molar-refractivity contribution in [3.8, 4) is 5.75 Å². The summed E-state index contributed by atoms with van der Waals surface area (Å²) in [6.07, 6.45) is 2.46. The molecule has 1 aromatic rings. The molecule has 1 heterocycles. The van der Waals surface area contributed by atoms with E-state index in [1.807, 2.05) is 31.2 Å². The Kier molecular flexibility index (Phi) is 4.82. The smallest absolute Gasteiger partial charge is 0.211 e. The lowest BCUT2D eigenvalue weighted by Crippen LogP contribution is -2.35. The average molecular weight is 283 g/mol. The summed E-state index contributed by atoms with van der Waals surface area (Å²) in [5.74, 6) is 1.35. The second kappa shape index (κ2) is 6.39. The minimum Gasteiger partial charge on any atom is -0.493 e. The van der Waals surface area contributed by atoms with Crippen LogP contribution in [0.5, 0.6) is 5.75 Å². The van der Waals surface area contributed by atoms with Crippen LogP contribution in [0, 0.1) is 5.92 Å². The van der Waals surface area contributed by atoms with Crippen molar-refractivity contribution in [3.05, 3.63) is 29.8 Å². The summed E-state index contributed by atoms with van der Waals surface area (Å²) in [7, 11) is -3.13. The highest BCUT2D eigenvalue weighted by molar-refractivity contribution is 7.89. The third kappa shape index (κ3) is 4.21. The minimum atomic E-state index is -3.13. The van der Waals surface area contributed by atoms with Gasteiger partial charge < -0.3 is 4.74 Å². The van der Waals surface area contributed by atoms with E-state index in [-0.39, 0.29) is 11.7 Å². The Bertz CT molecular complexity index is 513. The van der Waals surface area contributed by atoms with Crippen LogP contribution in [-0.2, 0) is 16.4 Å². The van der Waals surface area contributed by atoms with Crippen molar-refractivity contribution in [2.24, 2.45) is 5.92 Å². The standard InChI is InChI=1S/C14H21NO3S/c1-2-3-8-19(16,17)15-10-12-9-13-6-4-5-7-14(13)18-11-12/h4-7,12,15H,2-3,8-11H2,1H3. The molecule has 0 fully saturated rings. The van der Waals surface area contributed by atoms with E-state index in [1.54, 1.807) is 0 Å². The zero-order valence-electron chi connectivity index (χ0n) is 11.3. The monoisotopic (exact) mass is 283 g/mol. The zero-order valence-corrected chi connectivity index (χ0v) is 12.1. The first-order valence-corrected chi connectivity index (χ1v) is 8.44. The first-order chi connectivity index (χ1) is 9.11. The molecule has 5 heteroatoms. The van der Waals surface area contributed by atoms with Gasteiger partial charge in [0.05, 0.1) is 12.4 Å². The fraction of sp³-hybridized carbons (Fsp3) is 0.571. The van der Waals surface area contributed by atoms with E-state index in [1.165, 1.54) is 0 Å². The molecule has 1 aliphatic rings. The van der Waals surface area contributed by atoms with E-state index < -0.39 is 10.0 Å². The van der Waals surface area contributed by atoms with Gasteiger partial charge in [-0.05, 0) is 24.5 Å². The lowest BCUT2D eigenvalue weighted by Gasteiger charge is -2.25. The van der Waals surface area contributed by atoms with Crippen LogP contribution in [0.3, 0.4) is 0 Å². The van der Waals surface area contributed by atoms with Crippen molar-refractivity contribution in [2.75, 3.05) is 18.9 Å². The van der Waals surface area contributed by atoms with Crippen molar-refractivity contribution < 1.29 is 13.2 Å². The fourth-order valence-electron chi connectivity index (χ4n) is 2.17. The first kappa shape index (κ1) is 14.3. The number of ether oxygens (including phenoxy) is 1. The molecular weight excluding hydrogens is 262 g/mol. The zero-order chi connectivity index (χ0) is 13.7. The molecule has 1 unspecified atom stereocenters. The quantitative estimate of drug-likeness (QED) is 0.868. The second-order valence-corrected chi connectivity index (χ2v) is 6.94. The van der Waals surface area contributed by atoms with Crippen LogP contribution < -0.4 is 9.46 Å². The molecule has 1 aromatic carbocycles. The topological polar surface area (TPSA) is 55.4 Å². The lowest BCUT2D eigenvalue weighted by atomic mass is 9.97. The summed E-state index contributed by atoms with van der Waals surface area (Å²) < 4.78 is 31.8. The maximum Gasteiger partial charge on any atom is 0.211 e. The molecule has 4 nitrogen and oxygen atoms in total. The first-order valence-electron chi connectivity index (χ1n) is 6.79. The van der Waals surface area contributed by atoms with E-state index in [9.17, 15) is 8.42 Å². The molecule has 1 aliphatic heterocycles. The van der Waals surface area contributed by atoms with Crippen molar-refractivity contribution in [2.45, 2.75) is 26.2 Å². The van der Waals surface area contributed by atoms with Crippen molar-refractivity contribution in [3.63, 3.8) is 0 Å². The third-order valence-electron chi connectivity index (χ3n) is 3.31. The van der Waals surface area contributed by atoms with Crippen LogP contribution in [0.2, 0.25) is 0 Å². The number of benzene rings is 1. The highest BCUT2D eigenvalue weighted by Gasteiger charge is 2.21. The number of rotatable bonds is 6. The van der Waals surface area contributed by atoms with Gasteiger partial charge in [-0.25, -0.2) is 13.1 Å². The van der Waals surface area contributed by atoms with Gasteiger partial charge in [-0.1, -0.05) is 31.5 Å². The normalized spacial score (nSPS) is 18.7. The summed E-state index contributed by atoms with van der Waals surface area (Å²) in [4.78, 5) is 0. The SMILES string of the molecule is CCCCS(=O)(=O)NCC1COc2ccccc2C1. The third-order valence-corrected chi connectivity index (χ3v) is 4.75. The van der Waals surface area contributed by atoms with Crippen LogP contribution in [0.15, 0.2) is 24.3 Å². The fourth-order valence-corrected chi connectivity index (χ4v) is 3.48. The van der Waals surface area contributed by atoms with Crippen LogP contribution in [-0.4, -0.2) is 27.3 Å². The Hall–Kier alpha value is -1.07. The molecule has 0 saturated carbocycles. The molecule has 0 aromatic heterocycles. The van der Waals surface area contributed by atoms with Gasteiger partial charge in [-0.3, -0.25) is 0 Å². The predicted octanol–water partition coefficient (Wildman–Crippen LogP) is 1.96. The molecule has 19 heavy (non-hydrogen) atoms. The molecule has 1 N–H and O–H groups in total. The number of hydrogen-bond acceptors (Lipinski definition) is 3. The number of fused-ring (bicyclic) bond motifs is 1. The summed E-state index contributed by atoms with van der Waals surface area (Å²) in [6, 6.07) is 7.92. The Morgan fingerprint density at radius 3 is 2.95 bits per heavy atom. The minimum absolute atomic E-state index is 0.214. The van der Waals surface area contributed by atoms with Gasteiger partial charge in [0.2, 0.25) is 10.0 Å². The molecule has 0 aliphatic carbocycles. The average Bonchev–Trinajstić information content (AvgIpc) is 2.43. The Morgan fingerprint density at radius 2 is 2.16 bits per heavy atom. The molecule has 106 valence electrons. The van der Waals surface area contributed by atoms with Crippen LogP contribution in [0.4, 0.5) is 0 Å². The number of nitrogens with one attached hydrogen (secondary N) is 1. The number of unbranched alkanes of at least 4 members (excludes halogenated alkanes) is 1. The summed E-state index contributed by atoms with van der Waals surface area (Å²) in [6.45, 7) is 3.02. The maximum atomic E-state index is 11.7. The Morgan fingerprint density at radius 1 is 1.37 bits per heavy atom. The summed E-state index contributed by atoms with van der Waals surface area (Å²) in [5.41, 5.74) is 1.16. The Labute approximate surface area is 115 Å². The number of hydrogen-bond donors (Lipinski definition) is 1. The van der Waals surface area contributed by atoms with E-state index in [0.29, 0.717) is 19.6 Å². The van der Waals surface area contributed by atoms with E-state index >= 15 is 0 Å². The Balaban J connectivity index is 1.86. The number of para-hydroxylation sites is 1. The van der Waals surface area contributed by atoms with E-state index in [2.05, 4.69) is 4.72 Å². The molecule has 0 saturated heterocycles. The van der Waals surface area contributed by atoms with Crippen LogP contribution in [0.1, 0.15) is 25.3 Å². The maximum absolute atomic E-state index is 11.7. The van der Waals surface area contributed by atoms with Crippen molar-refractivity contribution in [1.29, 1.82) is 0 Å². The van der Waals surface area contributed by atoms with Gasteiger partial charge in [-0.2, -0.15) is 0 Å². The molecule has 0 bridgehead atoms. The summed E-state index contributed by atoms with van der Waals surface area (Å²) in [5, 5.41) is 0. The summed E-state index contributed by atoms with van der Waals surface area (Å²) >= 11 is 0. The van der Waals surface area contributed by atoms with Crippen molar-refractivity contribution in [1.82, 2.24) is 4.72 Å². The molecule has 0 radical (unpaired) electrons. The molecule has 1 atom stereocenters. The van der Waals surface area contributed by atoms with Gasteiger partial charge in [0.15, 0.2) is 0 Å².